The molecule has 0 heterocycles. The van der Waals surface area contributed by atoms with Gasteiger partial charge in [-0.05, 0) is 32.3 Å². The number of halogens is 1. The van der Waals surface area contributed by atoms with Crippen molar-refractivity contribution in [2.24, 2.45) is 0 Å². The highest BCUT2D eigenvalue weighted by Gasteiger charge is 2.16. The molecule has 1 rings (SSSR count). The summed E-state index contributed by atoms with van der Waals surface area (Å²) < 4.78 is 22.0. The van der Waals surface area contributed by atoms with Gasteiger partial charge in [-0.3, -0.25) is 0 Å². The molecule has 0 aliphatic heterocycles. The predicted molar refractivity (Wildman–Crippen MR) is 63.7 cm³/mol. The fraction of sp³-hybridized carbons (Fsp3) is 0.455. The molecule has 0 bridgehead atoms. The van der Waals surface area contributed by atoms with Crippen molar-refractivity contribution in [1.82, 2.24) is 0 Å². The van der Waals surface area contributed by atoms with Crippen LogP contribution in [0.1, 0.15) is 24.5 Å². The molecule has 0 fully saturated rings. The van der Waals surface area contributed by atoms with E-state index >= 15 is 0 Å². The van der Waals surface area contributed by atoms with Gasteiger partial charge in [-0.1, -0.05) is 29.8 Å². The summed E-state index contributed by atoms with van der Waals surface area (Å²) in [4.78, 5) is 0. The first kappa shape index (κ1) is 12.5. The molecule has 1 atom stereocenters. The average Bonchev–Trinajstić information content (AvgIpc) is 2.12. The van der Waals surface area contributed by atoms with E-state index in [2.05, 4.69) is 6.07 Å². The molecule has 0 saturated heterocycles. The summed E-state index contributed by atoms with van der Waals surface area (Å²) in [7, 11) is 1.84. The van der Waals surface area contributed by atoms with Crippen molar-refractivity contribution in [2.75, 3.05) is 0 Å². The van der Waals surface area contributed by atoms with Crippen molar-refractivity contribution in [2.45, 2.75) is 31.9 Å². The Hall–Kier alpha value is -0.540. The summed E-state index contributed by atoms with van der Waals surface area (Å²) in [5.41, 5.74) is 2.34. The van der Waals surface area contributed by atoms with Gasteiger partial charge in [-0.25, -0.2) is 8.42 Å². The molecule has 0 aliphatic rings. The van der Waals surface area contributed by atoms with Gasteiger partial charge in [0.2, 0.25) is 9.05 Å². The maximum absolute atomic E-state index is 11.0. The lowest BCUT2D eigenvalue weighted by molar-refractivity contribution is 0.592. The molecule has 0 saturated carbocycles. The van der Waals surface area contributed by atoms with E-state index in [4.69, 9.17) is 10.7 Å². The number of hydrogen-bond donors (Lipinski definition) is 0. The molecule has 2 nitrogen and oxygen atoms in total. The smallest absolute Gasteiger partial charge is 0.212 e. The zero-order valence-electron chi connectivity index (χ0n) is 8.90. The molecule has 0 aromatic heterocycles. The first-order valence-corrected chi connectivity index (χ1v) is 7.26. The van der Waals surface area contributed by atoms with Gasteiger partial charge in [-0.15, -0.1) is 0 Å². The monoisotopic (exact) mass is 246 g/mol. The van der Waals surface area contributed by atoms with Crippen LogP contribution in [0.15, 0.2) is 24.3 Å². The highest BCUT2D eigenvalue weighted by atomic mass is 35.7. The molecule has 1 aromatic rings. The van der Waals surface area contributed by atoms with Crippen LogP contribution >= 0.6 is 10.7 Å². The lowest BCUT2D eigenvalue weighted by Gasteiger charge is -2.07. The SMILES string of the molecule is Cc1cccc(CCC(C)S(=O)(=O)Cl)c1. The Morgan fingerprint density at radius 1 is 1.40 bits per heavy atom. The first-order valence-electron chi connectivity index (χ1n) is 4.88. The summed E-state index contributed by atoms with van der Waals surface area (Å²) in [5, 5.41) is -0.486. The van der Waals surface area contributed by atoms with Crippen LogP contribution in [0, 0.1) is 6.92 Å². The van der Waals surface area contributed by atoms with Crippen LogP contribution in [-0.4, -0.2) is 13.7 Å². The Morgan fingerprint density at radius 3 is 2.60 bits per heavy atom. The van der Waals surface area contributed by atoms with Gasteiger partial charge in [-0.2, -0.15) is 0 Å². The van der Waals surface area contributed by atoms with Crippen LogP contribution in [0.4, 0.5) is 0 Å². The Bertz CT molecular complexity index is 426. The van der Waals surface area contributed by atoms with E-state index in [9.17, 15) is 8.42 Å². The van der Waals surface area contributed by atoms with E-state index in [1.807, 2.05) is 25.1 Å². The molecule has 84 valence electrons. The lowest BCUT2D eigenvalue weighted by Crippen LogP contribution is -2.12. The number of hydrogen-bond acceptors (Lipinski definition) is 2. The van der Waals surface area contributed by atoms with Crippen molar-refractivity contribution >= 4 is 19.7 Å². The summed E-state index contributed by atoms with van der Waals surface area (Å²) in [6.45, 7) is 3.66. The standard InChI is InChI=1S/C11H15ClO2S/c1-9-4-3-5-11(8-9)7-6-10(2)15(12,13)14/h3-5,8,10H,6-7H2,1-2H3. The third kappa shape index (κ3) is 4.22. The molecular formula is C11H15ClO2S. The molecule has 0 N–H and O–H groups in total. The highest BCUT2D eigenvalue weighted by Crippen LogP contribution is 2.14. The van der Waals surface area contributed by atoms with Crippen molar-refractivity contribution < 1.29 is 8.42 Å². The molecule has 4 heteroatoms. The second-order valence-electron chi connectivity index (χ2n) is 3.81. The predicted octanol–water partition coefficient (Wildman–Crippen LogP) is 2.88. The van der Waals surface area contributed by atoms with Crippen molar-refractivity contribution in [3.8, 4) is 0 Å². The maximum atomic E-state index is 11.0. The van der Waals surface area contributed by atoms with Gasteiger partial charge in [0.1, 0.15) is 0 Å². The summed E-state index contributed by atoms with van der Waals surface area (Å²) in [5.74, 6) is 0. The summed E-state index contributed by atoms with van der Waals surface area (Å²) >= 11 is 0. The van der Waals surface area contributed by atoms with E-state index in [0.717, 1.165) is 12.0 Å². The molecule has 0 aliphatic carbocycles. The average molecular weight is 247 g/mol. The van der Waals surface area contributed by atoms with Gasteiger partial charge < -0.3 is 0 Å². The minimum atomic E-state index is -3.41. The minimum Gasteiger partial charge on any atom is -0.212 e. The minimum absolute atomic E-state index is 0.486. The van der Waals surface area contributed by atoms with E-state index in [1.54, 1.807) is 6.92 Å². The molecule has 1 aromatic carbocycles. The molecule has 15 heavy (non-hydrogen) atoms. The quantitative estimate of drug-likeness (QED) is 0.766. The van der Waals surface area contributed by atoms with Crippen molar-refractivity contribution in [3.63, 3.8) is 0 Å². The van der Waals surface area contributed by atoms with Gasteiger partial charge in [0.25, 0.3) is 0 Å². The molecule has 1 unspecified atom stereocenters. The molecule has 0 amide bonds. The van der Waals surface area contributed by atoms with Crippen molar-refractivity contribution in [1.29, 1.82) is 0 Å². The van der Waals surface area contributed by atoms with Crippen LogP contribution in [0.2, 0.25) is 0 Å². The molecule has 0 spiro atoms. The van der Waals surface area contributed by atoms with Gasteiger partial charge in [0.15, 0.2) is 0 Å². The number of benzene rings is 1. The largest absolute Gasteiger partial charge is 0.235 e. The normalized spacial score (nSPS) is 13.8. The summed E-state index contributed by atoms with van der Waals surface area (Å²) in [6.07, 6.45) is 1.31. The Labute approximate surface area is 95.7 Å². The third-order valence-electron chi connectivity index (χ3n) is 2.40. The van der Waals surface area contributed by atoms with Crippen LogP contribution in [0.25, 0.3) is 0 Å². The second kappa shape index (κ2) is 4.99. The zero-order chi connectivity index (χ0) is 11.5. The number of rotatable bonds is 4. The topological polar surface area (TPSA) is 34.1 Å². The lowest BCUT2D eigenvalue weighted by atomic mass is 10.1. The maximum Gasteiger partial charge on any atom is 0.235 e. The van der Waals surface area contributed by atoms with Gasteiger partial charge in [0.05, 0.1) is 5.25 Å². The van der Waals surface area contributed by atoms with Crippen LogP contribution in [0.5, 0.6) is 0 Å². The second-order valence-corrected chi connectivity index (χ2v) is 6.86. The fourth-order valence-electron chi connectivity index (χ4n) is 1.38. The summed E-state index contributed by atoms with van der Waals surface area (Å²) in [6, 6.07) is 8.06. The Morgan fingerprint density at radius 2 is 2.07 bits per heavy atom. The van der Waals surface area contributed by atoms with Crippen LogP contribution in [-0.2, 0) is 15.5 Å². The van der Waals surface area contributed by atoms with Crippen molar-refractivity contribution in [3.05, 3.63) is 35.4 Å². The first-order chi connectivity index (χ1) is 6.89. The van der Waals surface area contributed by atoms with Crippen LogP contribution < -0.4 is 0 Å². The molecular weight excluding hydrogens is 232 g/mol. The Balaban J connectivity index is 2.58. The zero-order valence-corrected chi connectivity index (χ0v) is 10.5. The van der Waals surface area contributed by atoms with E-state index < -0.39 is 14.3 Å². The fourth-order valence-corrected chi connectivity index (χ4v) is 2.04. The van der Waals surface area contributed by atoms with Gasteiger partial charge in [0, 0.05) is 10.7 Å². The highest BCUT2D eigenvalue weighted by molar-refractivity contribution is 8.14. The van der Waals surface area contributed by atoms with E-state index in [0.29, 0.717) is 6.42 Å². The van der Waals surface area contributed by atoms with Crippen LogP contribution in [0.3, 0.4) is 0 Å². The van der Waals surface area contributed by atoms with E-state index in [1.165, 1.54) is 5.56 Å². The van der Waals surface area contributed by atoms with E-state index in [-0.39, 0.29) is 0 Å². The molecule has 0 radical (unpaired) electrons. The Kier molecular flexibility index (Phi) is 4.17. The van der Waals surface area contributed by atoms with Gasteiger partial charge >= 0.3 is 0 Å². The third-order valence-corrected chi connectivity index (χ3v) is 4.51. The number of aryl methyl sites for hydroxylation is 2.